The topological polar surface area (TPSA) is 108 Å². The zero-order valence-electron chi connectivity index (χ0n) is 9.07. The number of hydrogen-bond acceptors (Lipinski definition) is 4. The third kappa shape index (κ3) is 2.42. The maximum absolute atomic E-state index is 11.8. The summed E-state index contributed by atoms with van der Waals surface area (Å²) in [7, 11) is 0. The first-order valence-corrected chi connectivity index (χ1v) is 5.30. The van der Waals surface area contributed by atoms with Gasteiger partial charge < -0.3 is 11.1 Å². The normalized spacial score (nSPS) is 9.78. The first kappa shape index (κ1) is 12.0. The Hall–Kier alpha value is -2.52. The highest BCUT2D eigenvalue weighted by Gasteiger charge is 2.11. The lowest BCUT2D eigenvalue weighted by Crippen LogP contribution is -2.13. The van der Waals surface area contributed by atoms with Crippen LogP contribution >= 0.6 is 11.6 Å². The summed E-state index contributed by atoms with van der Waals surface area (Å²) in [6, 6.07) is 7.95. The number of benzene rings is 1. The number of amides is 1. The fourth-order valence-electron chi connectivity index (χ4n) is 1.36. The van der Waals surface area contributed by atoms with Crippen molar-refractivity contribution < 1.29 is 4.79 Å². The van der Waals surface area contributed by atoms with Crippen LogP contribution in [-0.2, 0) is 0 Å². The van der Waals surface area contributed by atoms with Gasteiger partial charge in [0.2, 0.25) is 0 Å². The van der Waals surface area contributed by atoms with Gasteiger partial charge in [0.05, 0.1) is 11.3 Å². The van der Waals surface area contributed by atoms with Gasteiger partial charge in [0.1, 0.15) is 17.6 Å². The van der Waals surface area contributed by atoms with Crippen LogP contribution in [0.2, 0.25) is 5.02 Å². The van der Waals surface area contributed by atoms with Crippen molar-refractivity contribution in [1.29, 1.82) is 5.26 Å². The van der Waals surface area contributed by atoms with Gasteiger partial charge in [-0.3, -0.25) is 9.89 Å². The standard InChI is InChI=1S/C11H8ClN5O/c12-7-2-1-6(5-13)8(3-7)15-11(18)9-4-10(14)17-16-9/h1-4H,(H,15,18)(H3,14,16,17). The zero-order valence-corrected chi connectivity index (χ0v) is 9.82. The minimum atomic E-state index is -0.446. The molecule has 0 saturated carbocycles. The average molecular weight is 262 g/mol. The van der Waals surface area contributed by atoms with E-state index in [0.717, 1.165) is 0 Å². The van der Waals surface area contributed by atoms with Gasteiger partial charge in [0.25, 0.3) is 5.91 Å². The number of anilines is 2. The monoisotopic (exact) mass is 261 g/mol. The minimum absolute atomic E-state index is 0.205. The number of aromatic nitrogens is 2. The van der Waals surface area contributed by atoms with Crippen LogP contribution in [0.15, 0.2) is 24.3 Å². The van der Waals surface area contributed by atoms with Gasteiger partial charge >= 0.3 is 0 Å². The van der Waals surface area contributed by atoms with Crippen molar-refractivity contribution in [3.8, 4) is 6.07 Å². The first-order valence-electron chi connectivity index (χ1n) is 4.92. The molecule has 0 unspecified atom stereocenters. The first-order chi connectivity index (χ1) is 8.60. The lowest BCUT2D eigenvalue weighted by molar-refractivity contribution is 0.102. The number of hydrogen-bond donors (Lipinski definition) is 3. The number of rotatable bonds is 2. The summed E-state index contributed by atoms with van der Waals surface area (Å²) < 4.78 is 0. The van der Waals surface area contributed by atoms with Gasteiger partial charge in [-0.2, -0.15) is 10.4 Å². The maximum atomic E-state index is 11.8. The molecule has 4 N–H and O–H groups in total. The van der Waals surface area contributed by atoms with Gasteiger partial charge in [0.15, 0.2) is 0 Å². The number of carbonyl (C=O) groups is 1. The molecule has 0 radical (unpaired) electrons. The Labute approximate surface area is 107 Å². The molecular weight excluding hydrogens is 254 g/mol. The third-order valence-corrected chi connectivity index (χ3v) is 2.43. The molecule has 2 rings (SSSR count). The Kier molecular flexibility index (Phi) is 3.17. The predicted octanol–water partition coefficient (Wildman–Crippen LogP) is 1.77. The van der Waals surface area contributed by atoms with E-state index >= 15 is 0 Å². The van der Waals surface area contributed by atoms with Crippen molar-refractivity contribution in [2.75, 3.05) is 11.1 Å². The molecule has 1 aromatic heterocycles. The number of nitriles is 1. The van der Waals surface area contributed by atoms with Crippen LogP contribution < -0.4 is 11.1 Å². The van der Waals surface area contributed by atoms with Gasteiger partial charge in [-0.1, -0.05) is 11.6 Å². The van der Waals surface area contributed by atoms with E-state index in [1.807, 2.05) is 6.07 Å². The summed E-state index contributed by atoms with van der Waals surface area (Å²) in [6.07, 6.45) is 0. The maximum Gasteiger partial charge on any atom is 0.273 e. The Balaban J connectivity index is 2.27. The quantitative estimate of drug-likeness (QED) is 0.765. The summed E-state index contributed by atoms with van der Waals surface area (Å²) in [5.41, 5.74) is 6.26. The van der Waals surface area contributed by atoms with E-state index < -0.39 is 5.91 Å². The minimum Gasteiger partial charge on any atom is -0.382 e. The molecular formula is C11H8ClN5O. The van der Waals surface area contributed by atoms with Crippen LogP contribution in [0.1, 0.15) is 16.1 Å². The predicted molar refractivity (Wildman–Crippen MR) is 67.1 cm³/mol. The number of nitrogens with two attached hydrogens (primary N) is 1. The molecule has 0 fully saturated rings. The van der Waals surface area contributed by atoms with Crippen molar-refractivity contribution >= 4 is 29.0 Å². The molecule has 18 heavy (non-hydrogen) atoms. The second kappa shape index (κ2) is 4.77. The van der Waals surface area contributed by atoms with Crippen LogP contribution in [-0.4, -0.2) is 16.1 Å². The van der Waals surface area contributed by atoms with E-state index in [1.54, 1.807) is 6.07 Å². The molecule has 2 aromatic rings. The smallest absolute Gasteiger partial charge is 0.273 e. The van der Waals surface area contributed by atoms with Crippen molar-refractivity contribution in [1.82, 2.24) is 10.2 Å². The molecule has 0 spiro atoms. The summed E-state index contributed by atoms with van der Waals surface area (Å²) in [6.45, 7) is 0. The second-order valence-corrected chi connectivity index (χ2v) is 3.90. The molecule has 7 heteroatoms. The third-order valence-electron chi connectivity index (χ3n) is 2.19. The van der Waals surface area contributed by atoms with E-state index in [1.165, 1.54) is 18.2 Å². The number of nitrogens with one attached hydrogen (secondary N) is 2. The number of nitrogens with zero attached hydrogens (tertiary/aromatic N) is 2. The van der Waals surface area contributed by atoms with E-state index in [2.05, 4.69) is 15.5 Å². The van der Waals surface area contributed by atoms with Gasteiger partial charge in [-0.25, -0.2) is 0 Å². The molecule has 0 atom stereocenters. The lowest BCUT2D eigenvalue weighted by Gasteiger charge is -2.05. The number of H-pyrrole nitrogens is 1. The van der Waals surface area contributed by atoms with E-state index in [4.69, 9.17) is 22.6 Å². The number of carbonyl (C=O) groups excluding carboxylic acids is 1. The SMILES string of the molecule is N#Cc1ccc(Cl)cc1NC(=O)c1cc(N)n[nH]1. The van der Waals surface area contributed by atoms with E-state index in [-0.39, 0.29) is 11.5 Å². The number of aromatic amines is 1. The highest BCUT2D eigenvalue weighted by atomic mass is 35.5. The van der Waals surface area contributed by atoms with Crippen molar-refractivity contribution in [2.45, 2.75) is 0 Å². The molecule has 0 saturated heterocycles. The summed E-state index contributed by atoms with van der Waals surface area (Å²) in [5.74, 6) is -0.232. The average Bonchev–Trinajstić information content (AvgIpc) is 2.76. The van der Waals surface area contributed by atoms with Crippen molar-refractivity contribution in [3.63, 3.8) is 0 Å². The largest absolute Gasteiger partial charge is 0.382 e. The van der Waals surface area contributed by atoms with Crippen molar-refractivity contribution in [2.24, 2.45) is 0 Å². The van der Waals surface area contributed by atoms with E-state index in [0.29, 0.717) is 16.3 Å². The second-order valence-electron chi connectivity index (χ2n) is 3.46. The van der Waals surface area contributed by atoms with Gasteiger partial charge in [-0.05, 0) is 18.2 Å². The van der Waals surface area contributed by atoms with Crippen LogP contribution in [0.5, 0.6) is 0 Å². The molecule has 90 valence electrons. The summed E-state index contributed by atoms with van der Waals surface area (Å²) in [4.78, 5) is 11.8. The van der Waals surface area contributed by atoms with Crippen molar-refractivity contribution in [3.05, 3.63) is 40.5 Å². The highest BCUT2D eigenvalue weighted by molar-refractivity contribution is 6.31. The Morgan fingerprint density at radius 1 is 1.50 bits per heavy atom. The van der Waals surface area contributed by atoms with Crippen LogP contribution in [0.25, 0.3) is 0 Å². The van der Waals surface area contributed by atoms with Crippen LogP contribution in [0.4, 0.5) is 11.5 Å². The molecule has 1 heterocycles. The van der Waals surface area contributed by atoms with Crippen LogP contribution in [0, 0.1) is 11.3 Å². The number of halogens is 1. The molecule has 0 aliphatic carbocycles. The fourth-order valence-corrected chi connectivity index (χ4v) is 1.53. The van der Waals surface area contributed by atoms with Gasteiger partial charge in [-0.15, -0.1) is 0 Å². The molecule has 0 aliphatic rings. The number of nitrogen functional groups attached to an aromatic ring is 1. The van der Waals surface area contributed by atoms with E-state index in [9.17, 15) is 4.79 Å². The molecule has 6 nitrogen and oxygen atoms in total. The zero-order chi connectivity index (χ0) is 13.1. The molecule has 1 aromatic carbocycles. The Morgan fingerprint density at radius 3 is 2.89 bits per heavy atom. The van der Waals surface area contributed by atoms with Gasteiger partial charge in [0, 0.05) is 11.1 Å². The molecule has 0 bridgehead atoms. The van der Waals surface area contributed by atoms with Crippen LogP contribution in [0.3, 0.4) is 0 Å². The fraction of sp³-hybridized carbons (Fsp3) is 0. The highest BCUT2D eigenvalue weighted by Crippen LogP contribution is 2.21. The lowest BCUT2D eigenvalue weighted by atomic mass is 10.2. The Morgan fingerprint density at radius 2 is 2.28 bits per heavy atom. The Bertz CT molecular complexity index is 643. The molecule has 1 amide bonds. The summed E-state index contributed by atoms with van der Waals surface area (Å²) in [5, 5.41) is 18.0. The molecule has 0 aliphatic heterocycles. The summed E-state index contributed by atoms with van der Waals surface area (Å²) >= 11 is 5.81.